The van der Waals surface area contributed by atoms with Crippen molar-refractivity contribution in [3.63, 3.8) is 0 Å². The van der Waals surface area contributed by atoms with E-state index in [0.717, 1.165) is 28.4 Å². The van der Waals surface area contributed by atoms with Crippen molar-refractivity contribution in [2.45, 2.75) is 26.2 Å². The summed E-state index contributed by atoms with van der Waals surface area (Å²) in [4.78, 5) is 16.6. The third-order valence-corrected chi connectivity index (χ3v) is 4.27. The summed E-state index contributed by atoms with van der Waals surface area (Å²) in [6, 6.07) is 9.66. The Hall–Kier alpha value is -1.87. The number of aryl methyl sites for hydroxylation is 2. The topological polar surface area (TPSA) is 42.0 Å². The number of hydrogen-bond acceptors (Lipinski definition) is 2. The van der Waals surface area contributed by atoms with Crippen LogP contribution >= 0.6 is 11.6 Å². The van der Waals surface area contributed by atoms with Crippen molar-refractivity contribution in [2.75, 3.05) is 5.32 Å². The SMILES string of the molecule is Cc1ccnc(C)c1NC(=O)[C@@H]1C[C@H]1c1ccc(Cl)cc1. The number of carbonyl (C=O) groups is 1. The van der Waals surface area contributed by atoms with Crippen molar-refractivity contribution >= 4 is 23.2 Å². The van der Waals surface area contributed by atoms with Gasteiger partial charge in [0.2, 0.25) is 5.91 Å². The molecule has 1 N–H and O–H groups in total. The lowest BCUT2D eigenvalue weighted by atomic mass is 10.1. The molecule has 3 nitrogen and oxygen atoms in total. The first-order chi connectivity index (χ1) is 10.1. The van der Waals surface area contributed by atoms with Crippen LogP contribution < -0.4 is 5.32 Å². The van der Waals surface area contributed by atoms with E-state index in [1.165, 1.54) is 5.56 Å². The smallest absolute Gasteiger partial charge is 0.228 e. The number of pyridine rings is 1. The second kappa shape index (κ2) is 5.49. The summed E-state index contributed by atoms with van der Waals surface area (Å²) in [7, 11) is 0. The summed E-state index contributed by atoms with van der Waals surface area (Å²) < 4.78 is 0. The van der Waals surface area contributed by atoms with E-state index < -0.39 is 0 Å². The van der Waals surface area contributed by atoms with Gasteiger partial charge in [0.1, 0.15) is 0 Å². The molecule has 0 unspecified atom stereocenters. The van der Waals surface area contributed by atoms with Gasteiger partial charge in [-0.2, -0.15) is 0 Å². The van der Waals surface area contributed by atoms with Gasteiger partial charge >= 0.3 is 0 Å². The van der Waals surface area contributed by atoms with Gasteiger partial charge in [0, 0.05) is 17.1 Å². The maximum absolute atomic E-state index is 12.4. The standard InChI is InChI=1S/C17H17ClN2O/c1-10-7-8-19-11(2)16(10)20-17(21)15-9-14(15)12-3-5-13(18)6-4-12/h3-8,14-15H,9H2,1-2H3,(H,20,21)/t14-,15+/m0/s1. The zero-order valence-electron chi connectivity index (χ0n) is 12.1. The second-order valence-corrected chi connectivity index (χ2v) is 6.01. The molecule has 1 aromatic carbocycles. The molecule has 1 aliphatic carbocycles. The summed E-state index contributed by atoms with van der Waals surface area (Å²) in [5.41, 5.74) is 3.91. The minimum Gasteiger partial charge on any atom is -0.324 e. The number of anilines is 1. The number of benzene rings is 1. The number of halogens is 1. The van der Waals surface area contributed by atoms with Gasteiger partial charge in [-0.1, -0.05) is 23.7 Å². The molecule has 1 aliphatic rings. The number of amides is 1. The normalized spacial score (nSPS) is 20.1. The van der Waals surface area contributed by atoms with E-state index in [-0.39, 0.29) is 11.8 Å². The number of nitrogens with one attached hydrogen (secondary N) is 1. The fourth-order valence-electron chi connectivity index (χ4n) is 2.66. The summed E-state index contributed by atoms with van der Waals surface area (Å²) in [6.45, 7) is 3.89. The number of carbonyl (C=O) groups excluding carboxylic acids is 1. The molecule has 0 spiro atoms. The summed E-state index contributed by atoms with van der Waals surface area (Å²) >= 11 is 5.89. The molecule has 0 aliphatic heterocycles. The molecule has 1 saturated carbocycles. The summed E-state index contributed by atoms with van der Waals surface area (Å²) in [6.07, 6.45) is 2.65. The van der Waals surface area contributed by atoms with Gasteiger partial charge < -0.3 is 5.32 Å². The monoisotopic (exact) mass is 300 g/mol. The largest absolute Gasteiger partial charge is 0.324 e. The van der Waals surface area contributed by atoms with E-state index in [9.17, 15) is 4.79 Å². The molecule has 4 heteroatoms. The van der Waals surface area contributed by atoms with Crippen LogP contribution in [0.4, 0.5) is 5.69 Å². The minimum absolute atomic E-state index is 0.0465. The maximum Gasteiger partial charge on any atom is 0.228 e. The average Bonchev–Trinajstić information content (AvgIpc) is 3.24. The molecule has 108 valence electrons. The maximum atomic E-state index is 12.4. The zero-order valence-corrected chi connectivity index (χ0v) is 12.8. The summed E-state index contributed by atoms with van der Waals surface area (Å²) in [5, 5.41) is 3.75. The van der Waals surface area contributed by atoms with E-state index in [0.29, 0.717) is 5.92 Å². The fourth-order valence-corrected chi connectivity index (χ4v) is 2.79. The van der Waals surface area contributed by atoms with Crippen molar-refractivity contribution in [3.05, 3.63) is 58.4 Å². The molecular weight excluding hydrogens is 284 g/mol. The Kier molecular flexibility index (Phi) is 3.68. The lowest BCUT2D eigenvalue weighted by Gasteiger charge is -2.10. The van der Waals surface area contributed by atoms with E-state index >= 15 is 0 Å². The van der Waals surface area contributed by atoms with E-state index in [2.05, 4.69) is 10.3 Å². The molecular formula is C17H17ClN2O. The van der Waals surface area contributed by atoms with Crippen molar-refractivity contribution in [1.82, 2.24) is 4.98 Å². The van der Waals surface area contributed by atoms with Gasteiger partial charge in [-0.25, -0.2) is 0 Å². The molecule has 1 fully saturated rings. The van der Waals surface area contributed by atoms with Gasteiger partial charge in [0.15, 0.2) is 0 Å². The minimum atomic E-state index is 0.0465. The lowest BCUT2D eigenvalue weighted by Crippen LogP contribution is -2.16. The van der Waals surface area contributed by atoms with E-state index in [1.54, 1.807) is 6.20 Å². The third-order valence-electron chi connectivity index (χ3n) is 4.02. The van der Waals surface area contributed by atoms with Crippen LogP contribution in [0.3, 0.4) is 0 Å². The first-order valence-electron chi connectivity index (χ1n) is 7.05. The molecule has 2 aromatic rings. The number of rotatable bonds is 3. The van der Waals surface area contributed by atoms with Crippen molar-refractivity contribution in [1.29, 1.82) is 0 Å². The van der Waals surface area contributed by atoms with Gasteiger partial charge in [-0.05, 0) is 55.5 Å². The van der Waals surface area contributed by atoms with Crippen LogP contribution in [0.5, 0.6) is 0 Å². The second-order valence-electron chi connectivity index (χ2n) is 5.58. The van der Waals surface area contributed by atoms with Gasteiger partial charge in [0.05, 0.1) is 11.4 Å². The van der Waals surface area contributed by atoms with E-state index in [1.807, 2.05) is 44.2 Å². The number of aromatic nitrogens is 1. The Morgan fingerprint density at radius 2 is 1.95 bits per heavy atom. The van der Waals surface area contributed by atoms with E-state index in [4.69, 9.17) is 11.6 Å². The van der Waals surface area contributed by atoms with Crippen LogP contribution in [0, 0.1) is 19.8 Å². The molecule has 1 amide bonds. The van der Waals surface area contributed by atoms with Gasteiger partial charge in [-0.3, -0.25) is 9.78 Å². The van der Waals surface area contributed by atoms with Crippen molar-refractivity contribution < 1.29 is 4.79 Å². The number of nitrogens with zero attached hydrogens (tertiary/aromatic N) is 1. The Balaban J connectivity index is 1.69. The third kappa shape index (κ3) is 2.93. The Bertz CT molecular complexity index is 661. The molecule has 1 heterocycles. The predicted octanol–water partition coefficient (Wildman–Crippen LogP) is 4.09. The fraction of sp³-hybridized carbons (Fsp3) is 0.294. The van der Waals surface area contributed by atoms with Crippen LogP contribution in [0.1, 0.15) is 29.2 Å². The Labute approximate surface area is 129 Å². The molecule has 3 rings (SSSR count). The molecule has 21 heavy (non-hydrogen) atoms. The van der Waals surface area contributed by atoms with Crippen LogP contribution in [-0.4, -0.2) is 10.9 Å². The lowest BCUT2D eigenvalue weighted by molar-refractivity contribution is -0.117. The average molecular weight is 301 g/mol. The zero-order chi connectivity index (χ0) is 15.0. The Morgan fingerprint density at radius 3 is 2.62 bits per heavy atom. The van der Waals surface area contributed by atoms with Crippen LogP contribution in [0.2, 0.25) is 5.02 Å². The highest BCUT2D eigenvalue weighted by Crippen LogP contribution is 2.48. The highest BCUT2D eigenvalue weighted by Gasteiger charge is 2.44. The molecule has 0 saturated heterocycles. The highest BCUT2D eigenvalue weighted by molar-refractivity contribution is 6.30. The quantitative estimate of drug-likeness (QED) is 0.927. The molecule has 2 atom stereocenters. The van der Waals surface area contributed by atoms with Crippen LogP contribution in [-0.2, 0) is 4.79 Å². The first-order valence-corrected chi connectivity index (χ1v) is 7.42. The van der Waals surface area contributed by atoms with Crippen molar-refractivity contribution in [3.8, 4) is 0 Å². The van der Waals surface area contributed by atoms with Gasteiger partial charge in [-0.15, -0.1) is 0 Å². The molecule has 1 aromatic heterocycles. The summed E-state index contributed by atoms with van der Waals surface area (Å²) in [5.74, 6) is 0.430. The highest BCUT2D eigenvalue weighted by atomic mass is 35.5. The van der Waals surface area contributed by atoms with Crippen LogP contribution in [0.15, 0.2) is 36.5 Å². The van der Waals surface area contributed by atoms with Crippen LogP contribution in [0.25, 0.3) is 0 Å². The Morgan fingerprint density at radius 1 is 1.24 bits per heavy atom. The molecule has 0 bridgehead atoms. The molecule has 0 radical (unpaired) electrons. The number of hydrogen-bond donors (Lipinski definition) is 1. The predicted molar refractivity (Wildman–Crippen MR) is 84.6 cm³/mol. The van der Waals surface area contributed by atoms with Gasteiger partial charge in [0.25, 0.3) is 0 Å². The first kappa shape index (κ1) is 14.1. The van der Waals surface area contributed by atoms with Crippen molar-refractivity contribution in [2.24, 2.45) is 5.92 Å².